The second kappa shape index (κ2) is 11.4. The Labute approximate surface area is 212 Å². The average Bonchev–Trinajstić information content (AvgIpc) is 2.74. The van der Waals surface area contributed by atoms with E-state index in [1.54, 1.807) is 27.7 Å². The molecule has 0 aliphatic heterocycles. The predicted molar refractivity (Wildman–Crippen MR) is 133 cm³/mol. The maximum Gasteiger partial charge on any atom is 0.308 e. The van der Waals surface area contributed by atoms with Crippen molar-refractivity contribution in [1.29, 1.82) is 0 Å². The minimum atomic E-state index is -1.43. The van der Waals surface area contributed by atoms with Gasteiger partial charge in [0.05, 0.1) is 27.3 Å². The van der Waals surface area contributed by atoms with Crippen LogP contribution in [0.5, 0.6) is 11.5 Å². The van der Waals surface area contributed by atoms with Crippen molar-refractivity contribution in [1.82, 2.24) is 0 Å². The number of nitro groups is 1. The summed E-state index contributed by atoms with van der Waals surface area (Å²) in [5.41, 5.74) is -0.972. The Morgan fingerprint density at radius 1 is 1.11 bits per heavy atom. The lowest BCUT2D eigenvalue weighted by atomic mass is 9.86. The number of nitrogens with zero attached hydrogens (tertiary/aromatic N) is 1. The van der Waals surface area contributed by atoms with Gasteiger partial charge < -0.3 is 20.1 Å². The molecule has 1 unspecified atom stereocenters. The molecule has 10 nitrogen and oxygen atoms in total. The average molecular weight is 526 g/mol. The molecule has 0 aliphatic rings. The quantitative estimate of drug-likeness (QED) is 0.148. The van der Waals surface area contributed by atoms with Gasteiger partial charge in [-0.1, -0.05) is 44.0 Å². The first-order chi connectivity index (χ1) is 16.2. The number of carbonyl (C=O) groups excluding carboxylic acids is 3. The van der Waals surface area contributed by atoms with Crippen LogP contribution in [0, 0.1) is 15.5 Å². The molecule has 0 saturated carbocycles. The Balaban J connectivity index is 2.45. The Morgan fingerprint density at radius 3 is 2.20 bits per heavy atom. The molecule has 0 heterocycles. The first-order valence-electron chi connectivity index (χ1n) is 10.4. The van der Waals surface area contributed by atoms with Crippen molar-refractivity contribution >= 4 is 57.9 Å². The highest BCUT2D eigenvalue weighted by Gasteiger charge is 2.35. The summed E-state index contributed by atoms with van der Waals surface area (Å²) in [5, 5.41) is 16.5. The van der Waals surface area contributed by atoms with Gasteiger partial charge in [-0.25, -0.2) is 0 Å². The lowest BCUT2D eigenvalue weighted by Gasteiger charge is -2.26. The minimum absolute atomic E-state index is 0.0186. The van der Waals surface area contributed by atoms with Crippen LogP contribution >= 0.6 is 23.2 Å². The van der Waals surface area contributed by atoms with E-state index in [4.69, 9.17) is 32.7 Å². The zero-order chi connectivity index (χ0) is 26.5. The Bertz CT molecular complexity index is 1140. The maximum atomic E-state index is 13.3. The lowest BCUT2D eigenvalue weighted by molar-refractivity contribution is -0.384. The molecule has 2 rings (SSSR count). The molecule has 0 bridgehead atoms. The highest BCUT2D eigenvalue weighted by molar-refractivity contribution is 6.37. The Morgan fingerprint density at radius 2 is 1.71 bits per heavy atom. The van der Waals surface area contributed by atoms with Crippen molar-refractivity contribution in [3.63, 3.8) is 0 Å². The second-order valence-corrected chi connectivity index (χ2v) is 9.23. The van der Waals surface area contributed by atoms with Crippen LogP contribution in [-0.4, -0.2) is 35.2 Å². The summed E-state index contributed by atoms with van der Waals surface area (Å²) in [6, 6.07) is 5.00. The smallest absolute Gasteiger partial charge is 0.308 e. The van der Waals surface area contributed by atoms with Gasteiger partial charge in [-0.2, -0.15) is 0 Å². The van der Waals surface area contributed by atoms with E-state index >= 15 is 0 Å². The summed E-state index contributed by atoms with van der Waals surface area (Å²) in [5.74, 6) is -1.76. The van der Waals surface area contributed by atoms with Crippen LogP contribution in [0.15, 0.2) is 30.3 Å². The van der Waals surface area contributed by atoms with E-state index in [1.807, 2.05) is 0 Å². The normalized spacial score (nSPS) is 11.9. The van der Waals surface area contributed by atoms with Gasteiger partial charge >= 0.3 is 5.97 Å². The van der Waals surface area contributed by atoms with Crippen LogP contribution in [0.3, 0.4) is 0 Å². The summed E-state index contributed by atoms with van der Waals surface area (Å²) in [4.78, 5) is 48.3. The number of rotatable bonds is 9. The molecule has 0 radical (unpaired) electrons. The number of nitrogens with one attached hydrogen (secondary N) is 2. The van der Waals surface area contributed by atoms with Crippen LogP contribution in [0.2, 0.25) is 10.0 Å². The zero-order valence-electron chi connectivity index (χ0n) is 19.7. The topological polar surface area (TPSA) is 137 Å². The molecule has 12 heteroatoms. The predicted octanol–water partition coefficient (Wildman–Crippen LogP) is 5.26. The van der Waals surface area contributed by atoms with Gasteiger partial charge in [0.2, 0.25) is 0 Å². The molecule has 0 fully saturated rings. The van der Waals surface area contributed by atoms with Crippen molar-refractivity contribution < 1.29 is 28.8 Å². The molecule has 0 aromatic heterocycles. The molecule has 2 aromatic carbocycles. The number of ether oxygens (including phenoxy) is 2. The number of halogens is 2. The molecule has 1 amide bonds. The number of ketones is 1. The fourth-order valence-electron chi connectivity index (χ4n) is 2.95. The highest BCUT2D eigenvalue weighted by atomic mass is 35.5. The molecule has 0 saturated heterocycles. The molecule has 2 aromatic rings. The molecule has 188 valence electrons. The molecule has 0 spiro atoms. The van der Waals surface area contributed by atoms with Crippen molar-refractivity contribution in [3.8, 4) is 11.5 Å². The number of esters is 1. The molecular formula is C23H25Cl2N3O7. The summed E-state index contributed by atoms with van der Waals surface area (Å²) in [7, 11) is 0. The van der Waals surface area contributed by atoms with E-state index in [0.717, 1.165) is 6.07 Å². The zero-order valence-corrected chi connectivity index (χ0v) is 21.2. The van der Waals surface area contributed by atoms with E-state index in [9.17, 15) is 24.5 Å². The second-order valence-electron chi connectivity index (χ2n) is 8.41. The van der Waals surface area contributed by atoms with Crippen molar-refractivity contribution in [2.45, 2.75) is 40.7 Å². The van der Waals surface area contributed by atoms with Gasteiger partial charge in [0, 0.05) is 30.2 Å². The Kier molecular flexibility index (Phi) is 9.06. The highest BCUT2D eigenvalue weighted by Crippen LogP contribution is 2.37. The minimum Gasteiger partial charge on any atom is -0.492 e. The molecule has 0 aliphatic carbocycles. The molecule has 2 N–H and O–H groups in total. The number of hydrogen-bond acceptors (Lipinski definition) is 8. The van der Waals surface area contributed by atoms with Crippen molar-refractivity contribution in [2.75, 3.05) is 17.2 Å². The van der Waals surface area contributed by atoms with Crippen LogP contribution < -0.4 is 20.1 Å². The summed E-state index contributed by atoms with van der Waals surface area (Å²) in [6.07, 6.45) is 0. The monoisotopic (exact) mass is 525 g/mol. The SMILES string of the molecule is CCOc1ccc([N+](=O)[O-])cc1NC(=O)C(Nc1cc(Cl)c(OC(C)=O)c(Cl)c1)C(=O)C(C)(C)C. The number of amides is 1. The first-order valence-corrected chi connectivity index (χ1v) is 11.2. The molecular weight excluding hydrogens is 501 g/mol. The number of non-ortho nitro benzene ring substituents is 1. The number of anilines is 2. The maximum absolute atomic E-state index is 13.3. The Hall–Kier alpha value is -3.37. The van der Waals surface area contributed by atoms with Gasteiger partial charge in [0.25, 0.3) is 11.6 Å². The van der Waals surface area contributed by atoms with Crippen molar-refractivity contribution in [2.24, 2.45) is 5.41 Å². The van der Waals surface area contributed by atoms with Gasteiger partial charge in [0.15, 0.2) is 17.6 Å². The van der Waals surface area contributed by atoms with Gasteiger partial charge in [0.1, 0.15) is 5.75 Å². The van der Waals surface area contributed by atoms with E-state index < -0.39 is 34.0 Å². The van der Waals surface area contributed by atoms with E-state index in [1.165, 1.54) is 31.2 Å². The van der Waals surface area contributed by atoms with Gasteiger partial charge in [-0.3, -0.25) is 24.5 Å². The van der Waals surface area contributed by atoms with Crippen LogP contribution in [-0.2, 0) is 14.4 Å². The van der Waals surface area contributed by atoms with E-state index in [2.05, 4.69) is 10.6 Å². The summed E-state index contributed by atoms with van der Waals surface area (Å²) < 4.78 is 10.4. The largest absolute Gasteiger partial charge is 0.492 e. The number of Topliss-reactive ketones (excluding diaryl/α,β-unsaturated/α-hetero) is 1. The third kappa shape index (κ3) is 7.30. The summed E-state index contributed by atoms with van der Waals surface area (Å²) in [6.45, 7) is 8.06. The summed E-state index contributed by atoms with van der Waals surface area (Å²) >= 11 is 12.4. The standard InChI is InChI=1S/C23H25Cl2N3O7/c1-6-34-18-8-7-14(28(32)33)11-17(18)27-22(31)19(21(30)23(3,4)5)26-13-9-15(24)20(16(25)10-13)35-12(2)29/h7-11,19,26H,6H2,1-5H3,(H,27,31). The van der Waals surface area contributed by atoms with Gasteiger partial charge in [-0.15, -0.1) is 0 Å². The number of benzene rings is 2. The first kappa shape index (κ1) is 27.9. The third-order valence-corrected chi connectivity index (χ3v) is 5.11. The number of carbonyl (C=O) groups is 3. The van der Waals surface area contributed by atoms with E-state index in [0.29, 0.717) is 0 Å². The molecule has 35 heavy (non-hydrogen) atoms. The third-order valence-electron chi connectivity index (χ3n) is 4.55. The fraction of sp³-hybridized carbons (Fsp3) is 0.348. The van der Waals surface area contributed by atoms with Crippen LogP contribution in [0.25, 0.3) is 0 Å². The lowest BCUT2D eigenvalue weighted by Crippen LogP contribution is -2.46. The van der Waals surface area contributed by atoms with Gasteiger partial charge in [-0.05, 0) is 25.1 Å². The fourth-order valence-corrected chi connectivity index (χ4v) is 3.51. The van der Waals surface area contributed by atoms with Crippen LogP contribution in [0.4, 0.5) is 17.1 Å². The van der Waals surface area contributed by atoms with Crippen molar-refractivity contribution in [3.05, 3.63) is 50.5 Å². The number of hydrogen-bond donors (Lipinski definition) is 2. The molecule has 1 atom stereocenters. The van der Waals surface area contributed by atoms with E-state index in [-0.39, 0.29) is 45.2 Å². The number of nitro benzene ring substituents is 1. The van der Waals surface area contributed by atoms with Crippen LogP contribution in [0.1, 0.15) is 34.6 Å².